The Bertz CT molecular complexity index is 1220. The molecule has 1 saturated heterocycles. The largest absolute Gasteiger partial charge is 0.462 e. The normalized spacial score (nSPS) is 20.8. The van der Waals surface area contributed by atoms with Crippen molar-refractivity contribution in [1.82, 2.24) is 14.9 Å². The van der Waals surface area contributed by atoms with Crippen molar-refractivity contribution in [3.63, 3.8) is 0 Å². The van der Waals surface area contributed by atoms with Crippen LogP contribution in [0.2, 0.25) is 0 Å². The van der Waals surface area contributed by atoms with Crippen molar-refractivity contribution < 1.29 is 28.7 Å². The van der Waals surface area contributed by atoms with E-state index in [1.54, 1.807) is 13.8 Å². The van der Waals surface area contributed by atoms with Crippen molar-refractivity contribution in [2.24, 2.45) is 11.8 Å². The highest BCUT2D eigenvalue weighted by Gasteiger charge is 2.47. The number of esters is 2. The van der Waals surface area contributed by atoms with Gasteiger partial charge in [0.1, 0.15) is 16.3 Å². The van der Waals surface area contributed by atoms with Crippen molar-refractivity contribution in [1.29, 1.82) is 0 Å². The minimum atomic E-state index is -0.945. The lowest BCUT2D eigenvalue weighted by Gasteiger charge is -2.17. The second-order valence-electron chi connectivity index (χ2n) is 7.96. The van der Waals surface area contributed by atoms with Crippen molar-refractivity contribution in [2.75, 3.05) is 13.2 Å². The fourth-order valence-electron chi connectivity index (χ4n) is 4.19. The van der Waals surface area contributed by atoms with E-state index in [1.165, 1.54) is 6.92 Å². The first-order chi connectivity index (χ1) is 15.7. The SMILES string of the molecule is CCOC(=O)c1sc2nc(C(C)OC(=O)CN3C(=O)C4CC=CCC4C3=O)[nH]c(=O)c2c1C. The third-order valence-electron chi connectivity index (χ3n) is 5.86. The van der Waals surface area contributed by atoms with E-state index in [2.05, 4.69) is 9.97 Å². The number of carbonyl (C=O) groups excluding carboxylic acids is 4. The molecule has 1 fully saturated rings. The molecular weight excluding hydrogens is 450 g/mol. The molecule has 3 heterocycles. The van der Waals surface area contributed by atoms with E-state index in [4.69, 9.17) is 9.47 Å². The molecule has 10 nitrogen and oxygen atoms in total. The number of likely N-dealkylation sites (tertiary alicyclic amines) is 1. The van der Waals surface area contributed by atoms with Crippen molar-refractivity contribution in [3.8, 4) is 0 Å². The average Bonchev–Trinajstić information content (AvgIpc) is 3.24. The molecule has 0 saturated carbocycles. The number of allylic oxidation sites excluding steroid dienone is 2. The number of ether oxygens (including phenoxy) is 2. The second kappa shape index (κ2) is 8.89. The molecule has 174 valence electrons. The van der Waals surface area contributed by atoms with E-state index in [-0.39, 0.29) is 34.5 Å². The molecular formula is C22H23N3O7S. The zero-order valence-corrected chi connectivity index (χ0v) is 19.2. The summed E-state index contributed by atoms with van der Waals surface area (Å²) in [5.41, 5.74) is 0.00378. The van der Waals surface area contributed by atoms with Crippen LogP contribution in [0.1, 0.15) is 53.9 Å². The van der Waals surface area contributed by atoms with E-state index in [0.29, 0.717) is 23.2 Å². The fraction of sp³-hybridized carbons (Fsp3) is 0.455. The van der Waals surface area contributed by atoms with Crippen LogP contribution in [0.4, 0.5) is 0 Å². The highest BCUT2D eigenvalue weighted by atomic mass is 32.1. The first-order valence-electron chi connectivity index (χ1n) is 10.6. The van der Waals surface area contributed by atoms with Crippen LogP contribution in [0.5, 0.6) is 0 Å². The van der Waals surface area contributed by atoms with Gasteiger partial charge in [-0.3, -0.25) is 24.1 Å². The monoisotopic (exact) mass is 473 g/mol. The van der Waals surface area contributed by atoms with E-state index in [9.17, 15) is 24.0 Å². The van der Waals surface area contributed by atoms with Crippen LogP contribution in [0.25, 0.3) is 10.2 Å². The number of rotatable bonds is 6. The van der Waals surface area contributed by atoms with Crippen LogP contribution in [0.15, 0.2) is 16.9 Å². The van der Waals surface area contributed by atoms with Gasteiger partial charge in [-0.05, 0) is 39.2 Å². The van der Waals surface area contributed by atoms with Gasteiger partial charge < -0.3 is 14.5 Å². The summed E-state index contributed by atoms with van der Waals surface area (Å²) in [6.07, 6.45) is 3.76. The van der Waals surface area contributed by atoms with E-state index < -0.39 is 42.0 Å². The first kappa shape index (κ1) is 22.8. The standard InChI is InChI=1S/C22H23N3O7S/c1-4-31-22(30)16-10(2)15-18(27)23-17(24-19(15)33-16)11(3)32-14(26)9-25-20(28)12-7-5-6-8-13(12)21(25)29/h5-6,11-13H,4,7-9H2,1-3H3,(H,23,24,27). The molecule has 0 spiro atoms. The number of hydrogen-bond donors (Lipinski definition) is 1. The molecule has 2 aromatic heterocycles. The van der Waals surface area contributed by atoms with Gasteiger partial charge >= 0.3 is 11.9 Å². The summed E-state index contributed by atoms with van der Waals surface area (Å²) in [5.74, 6) is -2.82. The zero-order valence-electron chi connectivity index (χ0n) is 18.4. The maximum Gasteiger partial charge on any atom is 0.348 e. The molecule has 1 N–H and O–H groups in total. The fourth-order valence-corrected chi connectivity index (χ4v) is 5.27. The number of nitrogens with one attached hydrogen (secondary N) is 1. The minimum Gasteiger partial charge on any atom is -0.462 e. The Morgan fingerprint density at radius 1 is 1.21 bits per heavy atom. The Morgan fingerprint density at radius 3 is 2.45 bits per heavy atom. The number of aromatic amines is 1. The maximum absolute atomic E-state index is 12.6. The predicted octanol–water partition coefficient (Wildman–Crippen LogP) is 2.03. The molecule has 2 amide bonds. The number of thiophene rings is 1. The zero-order chi connectivity index (χ0) is 23.9. The molecule has 3 unspecified atom stereocenters. The maximum atomic E-state index is 12.6. The van der Waals surface area contributed by atoms with E-state index >= 15 is 0 Å². The van der Waals surface area contributed by atoms with Crippen LogP contribution in [0, 0.1) is 18.8 Å². The topological polar surface area (TPSA) is 136 Å². The molecule has 2 aromatic rings. The third-order valence-corrected chi connectivity index (χ3v) is 7.02. The summed E-state index contributed by atoms with van der Waals surface area (Å²) in [4.78, 5) is 70.8. The Hall–Kier alpha value is -3.34. The molecule has 0 radical (unpaired) electrons. The summed E-state index contributed by atoms with van der Waals surface area (Å²) in [7, 11) is 0. The van der Waals surface area contributed by atoms with Gasteiger partial charge in [0.25, 0.3) is 5.56 Å². The van der Waals surface area contributed by atoms with Crippen molar-refractivity contribution in [2.45, 2.75) is 39.7 Å². The Labute approximate surface area is 192 Å². The molecule has 3 atom stereocenters. The lowest BCUT2D eigenvalue weighted by atomic mass is 9.85. The lowest BCUT2D eigenvalue weighted by Crippen LogP contribution is -2.37. The summed E-state index contributed by atoms with van der Waals surface area (Å²) < 4.78 is 10.4. The van der Waals surface area contributed by atoms with Gasteiger partial charge in [0, 0.05) is 0 Å². The smallest absolute Gasteiger partial charge is 0.348 e. The number of H-pyrrole nitrogens is 1. The van der Waals surface area contributed by atoms with Gasteiger partial charge in [0.05, 0.1) is 23.8 Å². The molecule has 0 bridgehead atoms. The summed E-state index contributed by atoms with van der Waals surface area (Å²) in [6.45, 7) is 4.56. The number of imide groups is 1. The number of nitrogens with zero attached hydrogens (tertiary/aromatic N) is 2. The molecule has 4 rings (SSSR count). The Balaban J connectivity index is 1.49. The van der Waals surface area contributed by atoms with Gasteiger partial charge in [-0.15, -0.1) is 11.3 Å². The number of carbonyl (C=O) groups is 4. The lowest BCUT2D eigenvalue weighted by molar-refractivity contribution is -0.156. The number of aryl methyl sites for hydroxylation is 1. The molecule has 1 aliphatic heterocycles. The van der Waals surface area contributed by atoms with Gasteiger partial charge in [-0.25, -0.2) is 9.78 Å². The first-order valence-corrected chi connectivity index (χ1v) is 11.4. The molecule has 11 heteroatoms. The Kier molecular flexibility index (Phi) is 6.15. The van der Waals surface area contributed by atoms with Crippen LogP contribution in [-0.4, -0.2) is 51.8 Å². The van der Waals surface area contributed by atoms with Gasteiger partial charge in [0.15, 0.2) is 11.9 Å². The summed E-state index contributed by atoms with van der Waals surface area (Å²) >= 11 is 1.03. The Morgan fingerprint density at radius 2 is 1.85 bits per heavy atom. The summed E-state index contributed by atoms with van der Waals surface area (Å²) in [6, 6.07) is 0. The minimum absolute atomic E-state index is 0.0921. The number of amides is 2. The molecule has 33 heavy (non-hydrogen) atoms. The van der Waals surface area contributed by atoms with E-state index in [1.807, 2.05) is 12.2 Å². The number of aromatic nitrogens is 2. The molecule has 2 aliphatic rings. The highest BCUT2D eigenvalue weighted by molar-refractivity contribution is 7.20. The van der Waals surface area contributed by atoms with Crippen molar-refractivity contribution >= 4 is 45.3 Å². The van der Waals surface area contributed by atoms with Gasteiger partial charge in [0.2, 0.25) is 11.8 Å². The average molecular weight is 474 g/mol. The van der Waals surface area contributed by atoms with E-state index in [0.717, 1.165) is 16.2 Å². The van der Waals surface area contributed by atoms with Crippen LogP contribution >= 0.6 is 11.3 Å². The quantitative estimate of drug-likeness (QED) is 0.382. The second-order valence-corrected chi connectivity index (χ2v) is 8.96. The number of hydrogen-bond acceptors (Lipinski definition) is 9. The molecule has 0 aromatic carbocycles. The van der Waals surface area contributed by atoms with Crippen LogP contribution < -0.4 is 5.56 Å². The number of fused-ring (bicyclic) bond motifs is 2. The highest BCUT2D eigenvalue weighted by Crippen LogP contribution is 2.35. The predicted molar refractivity (Wildman–Crippen MR) is 118 cm³/mol. The van der Waals surface area contributed by atoms with Gasteiger partial charge in [-0.2, -0.15) is 0 Å². The van der Waals surface area contributed by atoms with Gasteiger partial charge in [-0.1, -0.05) is 12.2 Å². The third kappa shape index (κ3) is 4.08. The summed E-state index contributed by atoms with van der Waals surface area (Å²) in [5, 5.41) is 0.273. The molecule has 1 aliphatic carbocycles. The van der Waals surface area contributed by atoms with Crippen LogP contribution in [0.3, 0.4) is 0 Å². The van der Waals surface area contributed by atoms with Crippen molar-refractivity contribution in [3.05, 3.63) is 38.8 Å². The van der Waals surface area contributed by atoms with Crippen LogP contribution in [-0.2, 0) is 23.9 Å².